The van der Waals surface area contributed by atoms with Crippen molar-refractivity contribution in [2.24, 2.45) is 0 Å². The van der Waals surface area contributed by atoms with Gasteiger partial charge in [0.15, 0.2) is 0 Å². The van der Waals surface area contributed by atoms with Gasteiger partial charge >= 0.3 is 0 Å². The Morgan fingerprint density at radius 1 is 1.13 bits per heavy atom. The Morgan fingerprint density at radius 3 is 2.07 bits per heavy atom. The van der Waals surface area contributed by atoms with E-state index in [1.165, 1.54) is 11.1 Å². The average Bonchev–Trinajstić information content (AvgIpc) is 2.14. The van der Waals surface area contributed by atoms with Crippen LogP contribution in [0.5, 0.6) is 0 Å². The van der Waals surface area contributed by atoms with Gasteiger partial charge in [0.1, 0.15) is 0 Å². The van der Waals surface area contributed by atoms with Crippen LogP contribution in [0.25, 0.3) is 0 Å². The number of aryl methyl sites for hydroxylation is 1. The van der Waals surface area contributed by atoms with E-state index in [0.29, 0.717) is 0 Å². The van der Waals surface area contributed by atoms with Gasteiger partial charge in [-0.15, -0.1) is 0 Å². The molecule has 1 aliphatic rings. The fourth-order valence-electron chi connectivity index (χ4n) is 2.38. The fraction of sp³-hybridized carbons (Fsp3) is 0.571. The largest absolute Gasteiger partial charge is 0.389 e. The Morgan fingerprint density at radius 2 is 1.67 bits per heavy atom. The van der Waals surface area contributed by atoms with E-state index < -0.39 is 5.60 Å². The van der Waals surface area contributed by atoms with Gasteiger partial charge in [0.05, 0.1) is 5.60 Å². The van der Waals surface area contributed by atoms with Gasteiger partial charge in [-0.2, -0.15) is 0 Å². The molecule has 0 unspecified atom stereocenters. The monoisotopic (exact) mass is 204 g/mol. The minimum Gasteiger partial charge on any atom is -0.389 e. The van der Waals surface area contributed by atoms with Crippen molar-refractivity contribution in [2.75, 3.05) is 0 Å². The highest BCUT2D eigenvalue weighted by atomic mass is 16.3. The zero-order valence-corrected chi connectivity index (χ0v) is 9.88. The third-order valence-electron chi connectivity index (χ3n) is 4.12. The summed E-state index contributed by atoms with van der Waals surface area (Å²) in [6.07, 6.45) is 3.04. The second-order valence-corrected chi connectivity index (χ2v) is 5.38. The van der Waals surface area contributed by atoms with E-state index in [9.17, 15) is 5.11 Å². The third-order valence-corrected chi connectivity index (χ3v) is 4.12. The first-order valence-corrected chi connectivity index (χ1v) is 5.75. The molecule has 1 saturated carbocycles. The summed E-state index contributed by atoms with van der Waals surface area (Å²) in [5.41, 5.74) is 1.91. The lowest BCUT2D eigenvalue weighted by molar-refractivity contribution is -0.0898. The number of hydrogen-bond acceptors (Lipinski definition) is 1. The first-order chi connectivity index (χ1) is 6.96. The predicted molar refractivity (Wildman–Crippen MR) is 63.0 cm³/mol. The molecule has 1 aromatic carbocycles. The molecule has 2 rings (SSSR count). The van der Waals surface area contributed by atoms with Gasteiger partial charge in [-0.05, 0) is 31.7 Å². The van der Waals surface area contributed by atoms with Crippen LogP contribution in [-0.4, -0.2) is 10.7 Å². The minimum atomic E-state index is -0.484. The maximum Gasteiger partial charge on any atom is 0.0738 e. The van der Waals surface area contributed by atoms with Crippen molar-refractivity contribution in [1.29, 1.82) is 0 Å². The van der Waals surface area contributed by atoms with Crippen molar-refractivity contribution in [3.05, 3.63) is 35.4 Å². The summed E-state index contributed by atoms with van der Waals surface area (Å²) in [4.78, 5) is 0. The van der Waals surface area contributed by atoms with E-state index in [1.54, 1.807) is 0 Å². The van der Waals surface area contributed by atoms with Crippen LogP contribution < -0.4 is 0 Å². The molecule has 1 aromatic rings. The zero-order valence-electron chi connectivity index (χ0n) is 9.88. The quantitative estimate of drug-likeness (QED) is 0.784. The molecule has 1 nitrogen and oxygen atoms in total. The molecule has 1 fully saturated rings. The molecule has 0 aromatic heterocycles. The standard InChI is InChI=1S/C14H20O/c1-11-5-7-12(8-6-11)13(2,3)14(15)9-4-10-14/h5-8,15H,4,9-10H2,1-3H3. The van der Waals surface area contributed by atoms with Crippen LogP contribution in [0.4, 0.5) is 0 Å². The number of rotatable bonds is 2. The Balaban J connectivity index is 2.32. The smallest absolute Gasteiger partial charge is 0.0738 e. The number of hydrogen-bond donors (Lipinski definition) is 1. The molecule has 0 amide bonds. The summed E-state index contributed by atoms with van der Waals surface area (Å²) in [5, 5.41) is 10.5. The van der Waals surface area contributed by atoms with Crippen molar-refractivity contribution in [1.82, 2.24) is 0 Å². The maximum absolute atomic E-state index is 10.5. The number of benzene rings is 1. The van der Waals surface area contributed by atoms with Gasteiger partial charge < -0.3 is 5.11 Å². The summed E-state index contributed by atoms with van der Waals surface area (Å²) in [6.45, 7) is 6.39. The van der Waals surface area contributed by atoms with E-state index >= 15 is 0 Å². The second-order valence-electron chi connectivity index (χ2n) is 5.38. The summed E-state index contributed by atoms with van der Waals surface area (Å²) < 4.78 is 0. The van der Waals surface area contributed by atoms with Crippen LogP contribution in [0.15, 0.2) is 24.3 Å². The van der Waals surface area contributed by atoms with Crippen molar-refractivity contribution in [2.45, 2.75) is 51.0 Å². The van der Waals surface area contributed by atoms with Gasteiger partial charge in [0.25, 0.3) is 0 Å². The van der Waals surface area contributed by atoms with Crippen molar-refractivity contribution in [3.8, 4) is 0 Å². The molecule has 0 atom stereocenters. The van der Waals surface area contributed by atoms with Crippen LogP contribution in [0.3, 0.4) is 0 Å². The third kappa shape index (κ3) is 1.59. The van der Waals surface area contributed by atoms with Crippen LogP contribution in [0.1, 0.15) is 44.2 Å². The number of aliphatic hydroxyl groups is 1. The zero-order chi connectivity index (χ0) is 11.1. The lowest BCUT2D eigenvalue weighted by atomic mass is 9.60. The van der Waals surface area contributed by atoms with Crippen LogP contribution >= 0.6 is 0 Å². The van der Waals surface area contributed by atoms with E-state index in [1.807, 2.05) is 0 Å². The van der Waals surface area contributed by atoms with Gasteiger partial charge in [-0.1, -0.05) is 43.7 Å². The highest BCUT2D eigenvalue weighted by molar-refractivity contribution is 5.31. The van der Waals surface area contributed by atoms with Crippen LogP contribution in [0, 0.1) is 6.92 Å². The lowest BCUT2D eigenvalue weighted by Gasteiger charge is -2.49. The maximum atomic E-state index is 10.5. The first kappa shape index (κ1) is 10.7. The molecule has 0 radical (unpaired) electrons. The topological polar surface area (TPSA) is 20.2 Å². The molecule has 1 heteroatoms. The molecule has 0 spiro atoms. The molecule has 1 N–H and O–H groups in total. The molecule has 82 valence electrons. The van der Waals surface area contributed by atoms with E-state index in [4.69, 9.17) is 0 Å². The molecule has 0 aliphatic heterocycles. The lowest BCUT2D eigenvalue weighted by Crippen LogP contribution is -2.52. The highest BCUT2D eigenvalue weighted by Crippen LogP contribution is 2.47. The van der Waals surface area contributed by atoms with Crippen molar-refractivity contribution in [3.63, 3.8) is 0 Å². The Labute approximate surface area is 92.1 Å². The van der Waals surface area contributed by atoms with Crippen LogP contribution in [0.2, 0.25) is 0 Å². The molecular formula is C14H20O. The summed E-state index contributed by atoms with van der Waals surface area (Å²) >= 11 is 0. The molecule has 0 saturated heterocycles. The van der Waals surface area contributed by atoms with Crippen LogP contribution in [-0.2, 0) is 5.41 Å². The van der Waals surface area contributed by atoms with E-state index in [2.05, 4.69) is 45.0 Å². The van der Waals surface area contributed by atoms with Gasteiger partial charge in [0.2, 0.25) is 0 Å². The molecule has 1 aliphatic carbocycles. The summed E-state index contributed by atoms with van der Waals surface area (Å²) in [5.74, 6) is 0. The molecule has 15 heavy (non-hydrogen) atoms. The van der Waals surface area contributed by atoms with Gasteiger partial charge in [0, 0.05) is 5.41 Å². The first-order valence-electron chi connectivity index (χ1n) is 5.75. The average molecular weight is 204 g/mol. The summed E-state index contributed by atoms with van der Waals surface area (Å²) in [6, 6.07) is 8.54. The summed E-state index contributed by atoms with van der Waals surface area (Å²) in [7, 11) is 0. The van der Waals surface area contributed by atoms with Crippen molar-refractivity contribution >= 4 is 0 Å². The Hall–Kier alpha value is -0.820. The highest BCUT2D eigenvalue weighted by Gasteiger charge is 2.48. The normalized spacial score (nSPS) is 19.7. The van der Waals surface area contributed by atoms with Gasteiger partial charge in [-0.3, -0.25) is 0 Å². The fourth-order valence-corrected chi connectivity index (χ4v) is 2.38. The molecule has 0 heterocycles. The predicted octanol–water partition coefficient (Wildman–Crippen LogP) is 3.19. The Kier molecular flexibility index (Phi) is 2.38. The van der Waals surface area contributed by atoms with E-state index in [-0.39, 0.29) is 5.41 Å². The molecule has 0 bridgehead atoms. The van der Waals surface area contributed by atoms with Crippen molar-refractivity contribution < 1.29 is 5.11 Å². The SMILES string of the molecule is Cc1ccc(C(C)(C)C2(O)CCC2)cc1. The van der Waals surface area contributed by atoms with Gasteiger partial charge in [-0.25, -0.2) is 0 Å². The van der Waals surface area contributed by atoms with E-state index in [0.717, 1.165) is 19.3 Å². The second kappa shape index (κ2) is 3.34. The Bertz CT molecular complexity index is 344. The molecular weight excluding hydrogens is 184 g/mol. The minimum absolute atomic E-state index is 0.126.